The van der Waals surface area contributed by atoms with E-state index < -0.39 is 7.12 Å². The fraction of sp³-hybridized carbons (Fsp3) is 0.462. The second-order valence-electron chi connectivity index (χ2n) is 5.41. The second-order valence-corrected chi connectivity index (χ2v) is 5.82. The fourth-order valence-corrected chi connectivity index (χ4v) is 1.97. The predicted molar refractivity (Wildman–Crippen MR) is 73.4 cm³/mol. The Hall–Kier alpha value is -1.02. The molecule has 0 radical (unpaired) electrons. The van der Waals surface area contributed by atoms with E-state index in [1.54, 1.807) is 12.1 Å². The summed E-state index contributed by atoms with van der Waals surface area (Å²) >= 11 is 6.03. The summed E-state index contributed by atoms with van der Waals surface area (Å²) in [7, 11) is -0.438. The Morgan fingerprint density at radius 1 is 1.17 bits per heavy atom. The van der Waals surface area contributed by atoms with Gasteiger partial charge in [0.2, 0.25) is 5.69 Å². The minimum Gasteiger partial charge on any atom is -0.399 e. The summed E-state index contributed by atoms with van der Waals surface area (Å²) < 4.78 is 11.8. The second kappa shape index (κ2) is 4.27. The average Bonchev–Trinajstić information content (AvgIpc) is 2.48. The van der Waals surface area contributed by atoms with Gasteiger partial charge in [0.05, 0.1) is 17.8 Å². The van der Waals surface area contributed by atoms with Crippen LogP contribution in [0.3, 0.4) is 0 Å². The van der Waals surface area contributed by atoms with Crippen LogP contribution in [0.2, 0.25) is 5.02 Å². The Morgan fingerprint density at radius 2 is 1.72 bits per heavy atom. The Morgan fingerprint density at radius 3 is 2.17 bits per heavy atom. The summed E-state index contributed by atoms with van der Waals surface area (Å²) in [6.07, 6.45) is 0. The van der Waals surface area contributed by atoms with E-state index in [9.17, 15) is 0 Å². The van der Waals surface area contributed by atoms with Crippen molar-refractivity contribution in [1.29, 1.82) is 0 Å². The van der Waals surface area contributed by atoms with Crippen molar-refractivity contribution in [2.45, 2.75) is 38.9 Å². The molecule has 0 bridgehead atoms. The molecular weight excluding hydrogens is 248 g/mol. The SMILES string of the molecule is [C-]#[N+]c1ccc(B2OC(C)(C)C(C)(C)O2)cc1Cl. The average molecular weight is 264 g/mol. The number of hydrogen-bond donors (Lipinski definition) is 0. The zero-order valence-electron chi connectivity index (χ0n) is 11.0. The van der Waals surface area contributed by atoms with E-state index in [1.165, 1.54) is 0 Å². The Bertz CT molecular complexity index is 506. The molecule has 0 aliphatic carbocycles. The minimum absolute atomic E-state index is 0.372. The third-order valence-corrected chi connectivity index (χ3v) is 3.92. The molecule has 0 aromatic heterocycles. The number of benzene rings is 1. The van der Waals surface area contributed by atoms with Crippen molar-refractivity contribution in [3.63, 3.8) is 0 Å². The van der Waals surface area contributed by atoms with Crippen molar-refractivity contribution < 1.29 is 9.31 Å². The van der Waals surface area contributed by atoms with E-state index >= 15 is 0 Å². The Kier molecular flexibility index (Phi) is 3.18. The van der Waals surface area contributed by atoms with Crippen molar-refractivity contribution in [3.8, 4) is 0 Å². The monoisotopic (exact) mass is 263 g/mol. The maximum Gasteiger partial charge on any atom is 0.494 e. The first kappa shape index (κ1) is 13.4. The molecule has 3 nitrogen and oxygen atoms in total. The van der Waals surface area contributed by atoms with Crippen LogP contribution >= 0.6 is 11.6 Å². The van der Waals surface area contributed by atoms with Gasteiger partial charge in [-0.25, -0.2) is 4.85 Å². The molecule has 1 aliphatic heterocycles. The highest BCUT2D eigenvalue weighted by Gasteiger charge is 2.51. The lowest BCUT2D eigenvalue weighted by Gasteiger charge is -2.32. The standard InChI is InChI=1S/C13H15BClNO2/c1-12(2)13(3,4)18-14(17-12)9-6-7-11(16-5)10(15)8-9/h6-8H,1-4H3. The van der Waals surface area contributed by atoms with Gasteiger partial charge in [-0.2, -0.15) is 0 Å². The third-order valence-electron chi connectivity index (χ3n) is 3.62. The maximum atomic E-state index is 6.97. The molecule has 18 heavy (non-hydrogen) atoms. The van der Waals surface area contributed by atoms with Crippen LogP contribution < -0.4 is 5.46 Å². The van der Waals surface area contributed by atoms with E-state index in [1.807, 2.05) is 33.8 Å². The molecule has 5 heteroatoms. The Labute approximate surface area is 113 Å². The quantitative estimate of drug-likeness (QED) is 0.574. The summed E-state index contributed by atoms with van der Waals surface area (Å²) in [6.45, 7) is 15.0. The topological polar surface area (TPSA) is 22.8 Å². The van der Waals surface area contributed by atoms with Gasteiger partial charge in [0.1, 0.15) is 0 Å². The largest absolute Gasteiger partial charge is 0.494 e. The van der Waals surface area contributed by atoms with Gasteiger partial charge in [0.25, 0.3) is 0 Å². The van der Waals surface area contributed by atoms with Crippen molar-refractivity contribution in [1.82, 2.24) is 0 Å². The first-order valence-electron chi connectivity index (χ1n) is 5.79. The maximum absolute atomic E-state index is 6.97. The van der Waals surface area contributed by atoms with Crippen molar-refractivity contribution in [3.05, 3.63) is 34.6 Å². The van der Waals surface area contributed by atoms with Crippen LogP contribution in [0.15, 0.2) is 18.2 Å². The van der Waals surface area contributed by atoms with E-state index in [0.717, 1.165) is 5.46 Å². The molecule has 0 unspecified atom stereocenters. The smallest absolute Gasteiger partial charge is 0.399 e. The molecule has 1 heterocycles. The number of halogens is 1. The lowest BCUT2D eigenvalue weighted by molar-refractivity contribution is 0.00578. The van der Waals surface area contributed by atoms with E-state index in [4.69, 9.17) is 27.5 Å². The number of nitrogens with zero attached hydrogens (tertiary/aromatic N) is 1. The zero-order chi connectivity index (χ0) is 13.6. The highest BCUT2D eigenvalue weighted by molar-refractivity contribution is 6.62. The molecule has 94 valence electrons. The van der Waals surface area contributed by atoms with E-state index in [-0.39, 0.29) is 11.2 Å². The minimum atomic E-state index is -0.438. The summed E-state index contributed by atoms with van der Waals surface area (Å²) in [5.41, 5.74) is 0.536. The zero-order valence-corrected chi connectivity index (χ0v) is 11.7. The van der Waals surface area contributed by atoms with Gasteiger partial charge in [-0.3, -0.25) is 0 Å². The molecule has 1 aromatic rings. The molecule has 0 spiro atoms. The summed E-state index contributed by atoms with van der Waals surface area (Å²) in [5.74, 6) is 0. The van der Waals surface area contributed by atoms with Gasteiger partial charge < -0.3 is 9.31 Å². The van der Waals surface area contributed by atoms with Crippen molar-refractivity contribution in [2.24, 2.45) is 0 Å². The van der Waals surface area contributed by atoms with Gasteiger partial charge in [0, 0.05) is 5.02 Å². The molecule has 1 aliphatic rings. The van der Waals surface area contributed by atoms with Gasteiger partial charge in [-0.15, -0.1) is 0 Å². The summed E-state index contributed by atoms with van der Waals surface area (Å²) in [5, 5.41) is 0.428. The van der Waals surface area contributed by atoms with Crippen LogP contribution in [-0.4, -0.2) is 18.3 Å². The van der Waals surface area contributed by atoms with Crippen LogP contribution in [0.4, 0.5) is 5.69 Å². The van der Waals surface area contributed by atoms with E-state index in [0.29, 0.717) is 10.7 Å². The highest BCUT2D eigenvalue weighted by atomic mass is 35.5. The third kappa shape index (κ3) is 2.14. The first-order valence-corrected chi connectivity index (χ1v) is 6.17. The molecule has 0 N–H and O–H groups in total. The van der Waals surface area contributed by atoms with E-state index in [2.05, 4.69) is 4.85 Å². The molecule has 1 fully saturated rings. The number of rotatable bonds is 1. The highest BCUT2D eigenvalue weighted by Crippen LogP contribution is 2.36. The lowest BCUT2D eigenvalue weighted by Crippen LogP contribution is -2.41. The molecule has 1 saturated heterocycles. The lowest BCUT2D eigenvalue weighted by atomic mass is 9.79. The van der Waals surface area contributed by atoms with Gasteiger partial charge in [-0.1, -0.05) is 29.8 Å². The molecule has 2 rings (SSSR count). The van der Waals surface area contributed by atoms with Crippen molar-refractivity contribution in [2.75, 3.05) is 0 Å². The first-order chi connectivity index (χ1) is 8.27. The van der Waals surface area contributed by atoms with Crippen LogP contribution in [0, 0.1) is 6.57 Å². The Balaban J connectivity index is 2.31. The normalized spacial score (nSPS) is 20.8. The van der Waals surface area contributed by atoms with Crippen LogP contribution in [0.5, 0.6) is 0 Å². The molecule has 0 atom stereocenters. The predicted octanol–water partition coefficient (Wildman–Crippen LogP) is 3.19. The van der Waals surface area contributed by atoms with Crippen LogP contribution in [0.1, 0.15) is 27.7 Å². The van der Waals surface area contributed by atoms with Gasteiger partial charge >= 0.3 is 7.12 Å². The summed E-state index contributed by atoms with van der Waals surface area (Å²) in [6, 6.07) is 5.24. The van der Waals surface area contributed by atoms with Crippen molar-refractivity contribution >= 4 is 29.9 Å². The van der Waals surface area contributed by atoms with Crippen LogP contribution in [0.25, 0.3) is 4.85 Å². The fourth-order valence-electron chi connectivity index (χ4n) is 1.74. The van der Waals surface area contributed by atoms with Crippen LogP contribution in [-0.2, 0) is 9.31 Å². The van der Waals surface area contributed by atoms with Gasteiger partial charge in [0.15, 0.2) is 0 Å². The summed E-state index contributed by atoms with van der Waals surface area (Å²) in [4.78, 5) is 3.33. The molecular formula is C13H15BClNO2. The van der Waals surface area contributed by atoms with Gasteiger partial charge in [-0.05, 0) is 33.2 Å². The number of hydrogen-bond acceptors (Lipinski definition) is 2. The molecule has 1 aromatic carbocycles. The molecule has 0 amide bonds. The molecule has 0 saturated carbocycles.